The number of nitrogens with zero attached hydrogens (tertiary/aromatic N) is 3. The second-order valence-corrected chi connectivity index (χ2v) is 14.4. The van der Waals surface area contributed by atoms with Crippen molar-refractivity contribution in [3.05, 3.63) is 72.4 Å². The molecule has 8 rings (SSSR count). The van der Waals surface area contributed by atoms with E-state index in [1.807, 2.05) is 24.9 Å². The van der Waals surface area contributed by atoms with Crippen molar-refractivity contribution in [3.8, 4) is 22.4 Å². The van der Waals surface area contributed by atoms with Crippen LogP contribution in [-0.4, -0.2) is 62.6 Å². The molecule has 5 aromatic rings. The molecule has 2 amide bonds. The average molecular weight is 646 g/mol. The van der Waals surface area contributed by atoms with Crippen LogP contribution in [0.25, 0.3) is 44.2 Å². The molecule has 248 valence electrons. The fraction of sp³-hybridized carbons (Fsp3) is 0.421. The molecule has 0 radical (unpaired) electrons. The number of H-pyrrole nitrogens is 2. The van der Waals surface area contributed by atoms with E-state index in [4.69, 9.17) is 14.7 Å². The number of ether oxygens (including phenoxy) is 1. The van der Waals surface area contributed by atoms with Crippen LogP contribution in [0.1, 0.15) is 70.2 Å². The molecule has 10 nitrogen and oxygen atoms in total. The van der Waals surface area contributed by atoms with Gasteiger partial charge in [0.15, 0.2) is 0 Å². The van der Waals surface area contributed by atoms with Gasteiger partial charge in [-0.3, -0.25) is 4.79 Å². The van der Waals surface area contributed by atoms with E-state index in [1.54, 1.807) is 0 Å². The molecule has 1 aliphatic carbocycles. The zero-order valence-corrected chi connectivity index (χ0v) is 27.9. The van der Waals surface area contributed by atoms with Crippen molar-refractivity contribution in [2.45, 2.75) is 70.6 Å². The first kappa shape index (κ1) is 30.6. The van der Waals surface area contributed by atoms with Gasteiger partial charge < -0.3 is 30.2 Å². The third-order valence-electron chi connectivity index (χ3n) is 10.8. The Labute approximate surface area is 280 Å². The van der Waals surface area contributed by atoms with E-state index < -0.39 is 12.1 Å². The standard InChI is InChI=1S/C38H43N7O3/c1-20(2)34(44-38(47)48-4)37(46)45-32-12-10-27(32)17-33(45)36-40-19-31(43-36)26-8-7-22-14-23(5-6-24(22)15-26)25-9-11-28-29(16-25)42-35(41-28)30-13-21(3)18-39-30/h5-9,11,14-16,19-21,27,30,32-34,39H,10,12-13,17-18H2,1-4H3,(H,40,43)(H,41,42)(H,44,47)/t21-,27-,30+,32-,33+,34+/m1/s1. The highest BCUT2D eigenvalue weighted by Crippen LogP contribution is 2.49. The summed E-state index contributed by atoms with van der Waals surface area (Å²) < 4.78 is 4.82. The molecule has 0 spiro atoms. The van der Waals surface area contributed by atoms with Gasteiger partial charge in [-0.25, -0.2) is 14.8 Å². The number of carbonyl (C=O) groups excluding carboxylic acids is 2. The second-order valence-electron chi connectivity index (χ2n) is 14.4. The molecular formula is C38H43N7O3. The SMILES string of the molecule is COC(=O)N[C@H](C(=O)N1[C@@H]2CC[C@@H]2C[C@H]1c1ncc(-c2ccc3cc(-c4ccc5nc([C@@H]6C[C@@H](C)CN6)[nH]c5c4)ccc3c2)[nH]1)C(C)C. The number of hydrogen-bond donors (Lipinski definition) is 4. The fourth-order valence-corrected chi connectivity index (χ4v) is 7.98. The maximum atomic E-state index is 13.9. The average Bonchev–Trinajstić information content (AvgIpc) is 3.88. The zero-order valence-electron chi connectivity index (χ0n) is 27.9. The topological polar surface area (TPSA) is 128 Å². The van der Waals surface area contributed by atoms with Crippen molar-refractivity contribution in [2.75, 3.05) is 13.7 Å². The van der Waals surface area contributed by atoms with Crippen LogP contribution in [0.15, 0.2) is 60.8 Å². The van der Waals surface area contributed by atoms with Gasteiger partial charge in [0.2, 0.25) is 5.91 Å². The minimum Gasteiger partial charge on any atom is -0.453 e. The van der Waals surface area contributed by atoms with Crippen LogP contribution in [0.5, 0.6) is 0 Å². The molecule has 3 fully saturated rings. The molecule has 10 heteroatoms. The van der Waals surface area contributed by atoms with Crippen LogP contribution >= 0.6 is 0 Å². The third-order valence-corrected chi connectivity index (χ3v) is 10.8. The van der Waals surface area contributed by atoms with Crippen molar-refractivity contribution in [3.63, 3.8) is 0 Å². The summed E-state index contributed by atoms with van der Waals surface area (Å²) in [5, 5.41) is 8.65. The van der Waals surface area contributed by atoms with Gasteiger partial charge in [-0.2, -0.15) is 0 Å². The lowest BCUT2D eigenvalue weighted by Gasteiger charge is -2.39. The van der Waals surface area contributed by atoms with Gasteiger partial charge in [-0.1, -0.05) is 51.1 Å². The number of carbonyl (C=O) groups is 2. The zero-order chi connectivity index (χ0) is 33.1. The Hall–Kier alpha value is -4.70. The van der Waals surface area contributed by atoms with E-state index >= 15 is 0 Å². The largest absolute Gasteiger partial charge is 0.453 e. The molecule has 0 bridgehead atoms. The van der Waals surface area contributed by atoms with Gasteiger partial charge >= 0.3 is 6.09 Å². The lowest BCUT2D eigenvalue weighted by atomic mass is 9.80. The molecule has 0 unspecified atom stereocenters. The Balaban J connectivity index is 1.03. The number of methoxy groups -OCH3 is 1. The smallest absolute Gasteiger partial charge is 0.407 e. The quantitative estimate of drug-likeness (QED) is 0.153. The van der Waals surface area contributed by atoms with Crippen molar-refractivity contribution in [1.29, 1.82) is 0 Å². The Morgan fingerprint density at radius 3 is 2.40 bits per heavy atom. The van der Waals surface area contributed by atoms with Crippen LogP contribution < -0.4 is 10.6 Å². The normalized spacial score (nSPS) is 24.2. The number of rotatable bonds is 7. The summed E-state index contributed by atoms with van der Waals surface area (Å²) in [6.45, 7) is 7.19. The molecule has 4 heterocycles. The summed E-state index contributed by atoms with van der Waals surface area (Å²) >= 11 is 0. The van der Waals surface area contributed by atoms with Gasteiger partial charge in [0, 0.05) is 11.6 Å². The van der Waals surface area contributed by atoms with Gasteiger partial charge in [0.1, 0.15) is 17.7 Å². The van der Waals surface area contributed by atoms with Crippen molar-refractivity contribution in [2.24, 2.45) is 17.8 Å². The number of alkyl carbamates (subject to hydrolysis) is 1. The van der Waals surface area contributed by atoms with Crippen LogP contribution in [0, 0.1) is 17.8 Å². The maximum absolute atomic E-state index is 13.9. The van der Waals surface area contributed by atoms with Crippen LogP contribution in [0.3, 0.4) is 0 Å². The minimum atomic E-state index is -0.656. The molecular weight excluding hydrogens is 602 g/mol. The number of imidazole rings is 2. The minimum absolute atomic E-state index is 0.0698. The second kappa shape index (κ2) is 12.1. The first-order valence-electron chi connectivity index (χ1n) is 17.2. The molecule has 3 aliphatic rings. The molecule has 2 aromatic heterocycles. The molecule has 1 saturated carbocycles. The first-order valence-corrected chi connectivity index (χ1v) is 17.2. The number of fused-ring (bicyclic) bond motifs is 3. The predicted octanol–water partition coefficient (Wildman–Crippen LogP) is 6.88. The number of benzene rings is 3. The number of nitrogens with one attached hydrogen (secondary N) is 4. The van der Waals surface area contributed by atoms with Crippen LogP contribution in [0.4, 0.5) is 4.79 Å². The summed E-state index contributed by atoms with van der Waals surface area (Å²) in [5.41, 5.74) is 6.33. The summed E-state index contributed by atoms with van der Waals surface area (Å²) in [5.74, 6) is 2.79. The van der Waals surface area contributed by atoms with Crippen LogP contribution in [0.2, 0.25) is 0 Å². The van der Waals surface area contributed by atoms with E-state index in [2.05, 4.69) is 82.1 Å². The van der Waals surface area contributed by atoms with Crippen molar-refractivity contribution in [1.82, 2.24) is 35.5 Å². The lowest BCUT2D eigenvalue weighted by molar-refractivity contribution is -0.139. The Morgan fingerprint density at radius 2 is 1.69 bits per heavy atom. The van der Waals surface area contributed by atoms with Crippen molar-refractivity contribution < 1.29 is 14.3 Å². The van der Waals surface area contributed by atoms with Gasteiger partial charge in [-0.05, 0) is 96.1 Å². The third kappa shape index (κ3) is 5.41. The van der Waals surface area contributed by atoms with E-state index in [1.165, 1.54) is 7.11 Å². The molecule has 48 heavy (non-hydrogen) atoms. The van der Waals surface area contributed by atoms with E-state index in [9.17, 15) is 9.59 Å². The highest BCUT2D eigenvalue weighted by molar-refractivity contribution is 5.92. The molecule has 6 atom stereocenters. The fourth-order valence-electron chi connectivity index (χ4n) is 7.98. The summed E-state index contributed by atoms with van der Waals surface area (Å²) in [6.07, 6.45) is 5.34. The maximum Gasteiger partial charge on any atom is 0.407 e. The van der Waals surface area contributed by atoms with Gasteiger partial charge in [0.05, 0.1) is 42.1 Å². The highest BCUT2D eigenvalue weighted by Gasteiger charge is 2.51. The Morgan fingerprint density at radius 1 is 0.938 bits per heavy atom. The summed E-state index contributed by atoms with van der Waals surface area (Å²) in [6, 6.07) is 19.2. The Bertz CT molecular complexity index is 2010. The van der Waals surface area contributed by atoms with E-state index in [0.717, 1.165) is 88.1 Å². The number of amides is 2. The lowest BCUT2D eigenvalue weighted by Crippen LogP contribution is -2.54. The van der Waals surface area contributed by atoms with Crippen LogP contribution in [-0.2, 0) is 9.53 Å². The molecule has 3 aromatic carbocycles. The number of likely N-dealkylation sites (tertiary alicyclic amines) is 1. The number of aromatic amines is 2. The summed E-state index contributed by atoms with van der Waals surface area (Å²) in [7, 11) is 1.32. The first-order chi connectivity index (χ1) is 23.2. The molecule has 2 saturated heterocycles. The predicted molar refractivity (Wildman–Crippen MR) is 186 cm³/mol. The Kier molecular flexibility index (Phi) is 7.70. The van der Waals surface area contributed by atoms with Gasteiger partial charge in [0.25, 0.3) is 0 Å². The van der Waals surface area contributed by atoms with E-state index in [0.29, 0.717) is 17.9 Å². The number of aromatic nitrogens is 4. The monoisotopic (exact) mass is 645 g/mol. The van der Waals surface area contributed by atoms with E-state index in [-0.39, 0.29) is 23.9 Å². The molecule has 2 aliphatic heterocycles. The summed E-state index contributed by atoms with van der Waals surface area (Å²) in [4.78, 5) is 44.7. The van der Waals surface area contributed by atoms with Crippen molar-refractivity contribution >= 4 is 33.8 Å². The molecule has 4 N–H and O–H groups in total. The highest BCUT2D eigenvalue weighted by atomic mass is 16.5. The number of hydrogen-bond acceptors (Lipinski definition) is 6. The van der Waals surface area contributed by atoms with Gasteiger partial charge in [-0.15, -0.1) is 0 Å².